The summed E-state index contributed by atoms with van der Waals surface area (Å²) < 4.78 is 14.5. The van der Waals surface area contributed by atoms with Gasteiger partial charge in [0, 0.05) is 80.8 Å². The van der Waals surface area contributed by atoms with Crippen LogP contribution >= 0.6 is 0 Å². The van der Waals surface area contributed by atoms with E-state index in [4.69, 9.17) is 20.2 Å². The highest BCUT2D eigenvalue weighted by molar-refractivity contribution is 5.95. The summed E-state index contributed by atoms with van der Waals surface area (Å²) in [6.45, 7) is 20.2. The van der Waals surface area contributed by atoms with E-state index >= 15 is 0 Å². The van der Waals surface area contributed by atoms with Crippen LogP contribution in [0, 0.1) is 5.41 Å². The summed E-state index contributed by atoms with van der Waals surface area (Å²) in [4.78, 5) is 39.7. The molecule has 5 aliphatic rings. The number of hydrogen-bond donors (Lipinski definition) is 2. The Bertz CT molecular complexity index is 1950. The average Bonchev–Trinajstić information content (AvgIpc) is 3.50. The molecule has 3 fully saturated rings. The molecule has 0 spiro atoms. The lowest BCUT2D eigenvalue weighted by atomic mass is 9.83. The Morgan fingerprint density at radius 3 is 2.75 bits per heavy atom. The Balaban J connectivity index is 1.25. The number of fused-ring (bicyclic) bond motifs is 7. The molecular formula is C43H60N8O4. The lowest BCUT2D eigenvalue weighted by Crippen LogP contribution is -2.60. The SMILES string of the molecule is CCn1c(-c2cc(N3CCN4CCOC[C@@H]4C3)cnc2C(C)C)c2c3cc(ccc31)C1=CCCN(C1)C[C@H](N)C(=O)N1CCC[C@H](N1)C(=O)OCC(C)(C)C2. The van der Waals surface area contributed by atoms with Crippen LogP contribution in [0.3, 0.4) is 0 Å². The number of aryl methyl sites for hydroxylation is 1. The van der Waals surface area contributed by atoms with Crippen molar-refractivity contribution in [1.82, 2.24) is 29.8 Å². The Hall–Kier alpha value is -3.81. The molecule has 5 aliphatic heterocycles. The molecule has 0 saturated carbocycles. The number of aromatic nitrogens is 2. The number of cyclic esters (lactones) is 1. The molecule has 55 heavy (non-hydrogen) atoms. The number of nitrogens with two attached hydrogens (primary N) is 1. The zero-order valence-corrected chi connectivity index (χ0v) is 33.5. The number of morpholine rings is 1. The summed E-state index contributed by atoms with van der Waals surface area (Å²) in [5, 5.41) is 2.77. The quantitative estimate of drug-likeness (QED) is 0.371. The molecule has 0 aliphatic carbocycles. The van der Waals surface area contributed by atoms with Crippen LogP contribution in [0.1, 0.15) is 76.6 Å². The van der Waals surface area contributed by atoms with Crippen LogP contribution in [0.2, 0.25) is 0 Å². The molecule has 8 rings (SSSR count). The van der Waals surface area contributed by atoms with Crippen molar-refractivity contribution in [3.05, 3.63) is 53.4 Å². The second-order valence-corrected chi connectivity index (χ2v) is 17.4. The van der Waals surface area contributed by atoms with Gasteiger partial charge < -0.3 is 24.7 Å². The topological polar surface area (TPSA) is 121 Å². The van der Waals surface area contributed by atoms with Gasteiger partial charge in [0.05, 0.1) is 55.2 Å². The van der Waals surface area contributed by atoms with E-state index in [1.54, 1.807) is 5.01 Å². The molecular weight excluding hydrogens is 693 g/mol. The maximum Gasteiger partial charge on any atom is 0.324 e. The fourth-order valence-corrected chi connectivity index (χ4v) is 9.45. The number of hydrogen-bond acceptors (Lipinski definition) is 10. The molecule has 3 saturated heterocycles. The van der Waals surface area contributed by atoms with E-state index < -0.39 is 17.5 Å². The minimum atomic E-state index is -0.700. The Morgan fingerprint density at radius 2 is 1.93 bits per heavy atom. The van der Waals surface area contributed by atoms with Gasteiger partial charge >= 0.3 is 5.97 Å². The van der Waals surface area contributed by atoms with Gasteiger partial charge in [0.1, 0.15) is 6.04 Å². The molecule has 2 aromatic heterocycles. The predicted octanol–water partition coefficient (Wildman–Crippen LogP) is 4.40. The van der Waals surface area contributed by atoms with E-state index in [0.29, 0.717) is 38.4 Å². The first-order valence-corrected chi connectivity index (χ1v) is 20.6. The van der Waals surface area contributed by atoms with Gasteiger partial charge in [0.15, 0.2) is 0 Å². The van der Waals surface area contributed by atoms with E-state index in [0.717, 1.165) is 76.8 Å². The lowest BCUT2D eigenvalue weighted by Gasteiger charge is -2.44. The monoisotopic (exact) mass is 752 g/mol. The fraction of sp³-hybridized carbons (Fsp3) is 0.605. The number of rotatable bonds is 4. The zero-order chi connectivity index (χ0) is 38.4. The number of hydrazine groups is 1. The number of piperazine rings is 1. The van der Waals surface area contributed by atoms with Crippen molar-refractivity contribution in [2.24, 2.45) is 11.1 Å². The fourth-order valence-electron chi connectivity index (χ4n) is 9.45. The van der Waals surface area contributed by atoms with Gasteiger partial charge in [-0.2, -0.15) is 0 Å². The summed E-state index contributed by atoms with van der Waals surface area (Å²) in [6, 6.07) is 8.41. The first-order valence-electron chi connectivity index (χ1n) is 20.6. The third-order valence-electron chi connectivity index (χ3n) is 12.4. The summed E-state index contributed by atoms with van der Waals surface area (Å²) in [5.74, 6) is -0.294. The maximum atomic E-state index is 13.6. The maximum absolute atomic E-state index is 13.6. The summed E-state index contributed by atoms with van der Waals surface area (Å²) >= 11 is 0. The number of carbonyl (C=O) groups is 2. The van der Waals surface area contributed by atoms with Gasteiger partial charge in [-0.1, -0.05) is 39.8 Å². The third-order valence-corrected chi connectivity index (χ3v) is 12.4. The van der Waals surface area contributed by atoms with Crippen LogP contribution in [0.15, 0.2) is 36.5 Å². The standard InChI is InChI=1S/C43H60N8O4/c1-6-50-38-12-11-29-19-33(38)35(40(50)34-20-31(22-45-39(34)28(2)3)49-16-15-48-17-18-54-26-32(48)24-49)21-43(4,5)27-55-42(53)37-10-8-14-51(46-37)41(52)36(44)25-47-13-7-9-30(29)23-47/h9,11-12,19-20,22,28,32,36-37,46H,6-8,10,13-18,21,23-27,44H2,1-5H3/t32-,36-,37-/m0/s1. The molecule has 6 bridgehead atoms. The van der Waals surface area contributed by atoms with Crippen LogP contribution in [0.25, 0.3) is 27.7 Å². The molecule has 4 atom stereocenters. The van der Waals surface area contributed by atoms with Gasteiger partial charge in [-0.3, -0.25) is 29.4 Å². The Kier molecular flexibility index (Phi) is 10.8. The van der Waals surface area contributed by atoms with E-state index in [9.17, 15) is 9.59 Å². The van der Waals surface area contributed by atoms with Crippen molar-refractivity contribution < 1.29 is 19.1 Å². The van der Waals surface area contributed by atoms with Gasteiger partial charge in [0.2, 0.25) is 0 Å². The van der Waals surface area contributed by atoms with Crippen LogP contribution in [0.5, 0.6) is 0 Å². The van der Waals surface area contributed by atoms with Crippen LogP contribution < -0.4 is 16.1 Å². The summed E-state index contributed by atoms with van der Waals surface area (Å²) in [6.07, 6.45) is 7.34. The number of anilines is 1. The summed E-state index contributed by atoms with van der Waals surface area (Å²) in [5.41, 5.74) is 18.9. The number of nitrogens with zero attached hydrogens (tertiary/aromatic N) is 6. The average molecular weight is 753 g/mol. The minimum Gasteiger partial charge on any atom is -0.464 e. The molecule has 3 aromatic rings. The Labute approximate surface area is 325 Å². The van der Waals surface area contributed by atoms with Crippen molar-refractivity contribution in [3.63, 3.8) is 0 Å². The molecule has 3 N–H and O–H groups in total. The molecule has 1 aromatic carbocycles. The van der Waals surface area contributed by atoms with Crippen LogP contribution in [-0.2, 0) is 32.0 Å². The van der Waals surface area contributed by atoms with Gasteiger partial charge in [0.25, 0.3) is 5.91 Å². The largest absolute Gasteiger partial charge is 0.464 e. The highest BCUT2D eigenvalue weighted by atomic mass is 16.5. The summed E-state index contributed by atoms with van der Waals surface area (Å²) in [7, 11) is 0. The first-order chi connectivity index (χ1) is 26.5. The van der Waals surface area contributed by atoms with Crippen molar-refractivity contribution in [2.45, 2.75) is 90.9 Å². The zero-order valence-electron chi connectivity index (χ0n) is 33.5. The van der Waals surface area contributed by atoms with E-state index in [2.05, 4.69) is 95.8 Å². The Morgan fingerprint density at radius 1 is 1.07 bits per heavy atom. The number of esters is 1. The van der Waals surface area contributed by atoms with E-state index in [-0.39, 0.29) is 24.4 Å². The molecule has 296 valence electrons. The second kappa shape index (κ2) is 15.6. The number of amides is 1. The van der Waals surface area contributed by atoms with Crippen molar-refractivity contribution >= 4 is 34.0 Å². The van der Waals surface area contributed by atoms with Crippen molar-refractivity contribution in [3.8, 4) is 11.3 Å². The van der Waals surface area contributed by atoms with Gasteiger partial charge in [-0.25, -0.2) is 5.43 Å². The molecule has 1 amide bonds. The number of ether oxygens (including phenoxy) is 2. The minimum absolute atomic E-state index is 0.181. The number of carbonyl (C=O) groups excluding carboxylic acids is 2. The van der Waals surface area contributed by atoms with Gasteiger partial charge in [-0.05, 0) is 73.4 Å². The molecule has 0 radical (unpaired) electrons. The molecule has 7 heterocycles. The van der Waals surface area contributed by atoms with E-state index in [1.807, 2.05) is 0 Å². The highest BCUT2D eigenvalue weighted by Gasteiger charge is 2.35. The smallest absolute Gasteiger partial charge is 0.324 e. The predicted molar refractivity (Wildman–Crippen MR) is 217 cm³/mol. The number of benzene rings is 1. The first kappa shape index (κ1) is 38.1. The number of nitrogens with one attached hydrogen (secondary N) is 1. The van der Waals surface area contributed by atoms with Crippen LogP contribution in [-0.4, -0.2) is 127 Å². The van der Waals surface area contributed by atoms with Crippen LogP contribution in [0.4, 0.5) is 5.69 Å². The molecule has 12 nitrogen and oxygen atoms in total. The van der Waals surface area contributed by atoms with E-state index in [1.165, 1.54) is 38.9 Å². The highest BCUT2D eigenvalue weighted by Crippen LogP contribution is 2.43. The van der Waals surface area contributed by atoms with Gasteiger partial charge in [-0.15, -0.1) is 0 Å². The van der Waals surface area contributed by atoms with Crippen molar-refractivity contribution in [2.75, 3.05) is 77.1 Å². The molecule has 1 unspecified atom stereocenters. The lowest BCUT2D eigenvalue weighted by molar-refractivity contribution is -0.155. The number of pyridine rings is 1. The third kappa shape index (κ3) is 7.68. The normalized spacial score (nSPS) is 26.8. The molecule has 12 heteroatoms. The van der Waals surface area contributed by atoms with Crippen molar-refractivity contribution in [1.29, 1.82) is 0 Å². The second-order valence-electron chi connectivity index (χ2n) is 17.4.